The maximum absolute atomic E-state index is 15.0. The van der Waals surface area contributed by atoms with Crippen LogP contribution in [-0.4, -0.2) is 39.5 Å². The minimum Gasteiger partial charge on any atom is -0.502 e. The number of amides is 1. The summed E-state index contributed by atoms with van der Waals surface area (Å²) in [5.41, 5.74) is 0.0936. The average Bonchev–Trinajstić information content (AvgIpc) is 3.00. The van der Waals surface area contributed by atoms with Crippen molar-refractivity contribution in [2.24, 2.45) is 0 Å². The van der Waals surface area contributed by atoms with Gasteiger partial charge in [0.2, 0.25) is 5.43 Å². The Labute approximate surface area is 225 Å². The van der Waals surface area contributed by atoms with Crippen molar-refractivity contribution in [2.75, 3.05) is 11.7 Å². The standard InChI is InChI=1S/C24H17BrClF4N3O3S/c1-11(24(28,29)30)31-10-33(32-8-15(26)20(34)21(35)19(32)23(31)36)18-13-5-3-7-16(27)22(13)37-9-12-4-2-6-14(25)17(12)18/h2-8,11,18,35H,9-10H2,1H3/t11-,18-/m1/s1. The predicted octanol–water partition coefficient (Wildman–Crippen LogP) is 5.81. The molecule has 6 nitrogen and oxygen atoms in total. The number of hydrogen-bond acceptors (Lipinski definition) is 5. The molecule has 1 N–H and O–H groups in total. The minimum atomic E-state index is -4.80. The number of alkyl halides is 3. The Kier molecular flexibility index (Phi) is 6.48. The summed E-state index contributed by atoms with van der Waals surface area (Å²) in [5.74, 6) is -2.40. The summed E-state index contributed by atoms with van der Waals surface area (Å²) in [5, 5.41) is 11.5. The van der Waals surface area contributed by atoms with Crippen molar-refractivity contribution < 1.29 is 27.5 Å². The molecule has 0 radical (unpaired) electrons. The van der Waals surface area contributed by atoms with Gasteiger partial charge >= 0.3 is 6.18 Å². The number of pyridine rings is 1. The molecule has 1 aromatic heterocycles. The number of benzene rings is 2. The van der Waals surface area contributed by atoms with Crippen molar-refractivity contribution in [1.82, 2.24) is 9.58 Å². The number of aromatic hydroxyl groups is 1. The summed E-state index contributed by atoms with van der Waals surface area (Å²) >= 11 is 10.8. The molecule has 2 atom stereocenters. The smallest absolute Gasteiger partial charge is 0.408 e. The van der Waals surface area contributed by atoms with Crippen molar-refractivity contribution in [2.45, 2.75) is 35.8 Å². The van der Waals surface area contributed by atoms with E-state index in [1.165, 1.54) is 28.9 Å². The topological polar surface area (TPSA) is 65.8 Å². The molecule has 37 heavy (non-hydrogen) atoms. The Balaban J connectivity index is 1.84. The molecule has 0 saturated carbocycles. The number of carbonyl (C=O) groups excluding carboxylic acids is 1. The second kappa shape index (κ2) is 9.25. The van der Waals surface area contributed by atoms with Crippen LogP contribution in [0.3, 0.4) is 0 Å². The van der Waals surface area contributed by atoms with E-state index in [2.05, 4.69) is 15.9 Å². The van der Waals surface area contributed by atoms with Gasteiger partial charge in [-0.05, 0) is 35.7 Å². The number of rotatable bonds is 2. The third-order valence-electron chi connectivity index (χ3n) is 6.48. The van der Waals surface area contributed by atoms with Crippen LogP contribution in [0.4, 0.5) is 17.6 Å². The van der Waals surface area contributed by atoms with Crippen molar-refractivity contribution >= 4 is 45.2 Å². The van der Waals surface area contributed by atoms with E-state index in [9.17, 15) is 27.9 Å². The van der Waals surface area contributed by atoms with E-state index >= 15 is 4.39 Å². The molecule has 0 unspecified atom stereocenters. The number of carbonyl (C=O) groups is 1. The first-order valence-electron chi connectivity index (χ1n) is 10.9. The lowest BCUT2D eigenvalue weighted by molar-refractivity contribution is -0.173. The highest BCUT2D eigenvalue weighted by Crippen LogP contribution is 2.46. The third-order valence-corrected chi connectivity index (χ3v) is 8.61. The number of fused-ring (bicyclic) bond motifs is 3. The molecule has 5 rings (SSSR count). The van der Waals surface area contributed by atoms with Crippen LogP contribution in [0.5, 0.6) is 5.75 Å². The minimum absolute atomic E-state index is 0.292. The highest BCUT2D eigenvalue weighted by atomic mass is 79.9. The fraction of sp³-hybridized carbons (Fsp3) is 0.250. The van der Waals surface area contributed by atoms with E-state index in [4.69, 9.17) is 11.6 Å². The molecule has 1 amide bonds. The number of hydrogen-bond donors (Lipinski definition) is 1. The molecule has 0 aliphatic carbocycles. The van der Waals surface area contributed by atoms with Crippen LogP contribution >= 0.6 is 39.3 Å². The quantitative estimate of drug-likeness (QED) is 0.368. The second-order valence-electron chi connectivity index (χ2n) is 8.58. The summed E-state index contributed by atoms with van der Waals surface area (Å²) in [6.45, 7) is 0.217. The van der Waals surface area contributed by atoms with Crippen molar-refractivity contribution in [1.29, 1.82) is 0 Å². The SMILES string of the molecule is C[C@@H](N1CN([C@@H]2c3cccc(F)c3SCc3cccc(Br)c32)n2cc(Cl)c(=O)c(O)c2C1=O)C(F)(F)F. The lowest BCUT2D eigenvalue weighted by Crippen LogP contribution is -2.60. The third kappa shape index (κ3) is 4.18. The molecular weight excluding hydrogens is 602 g/mol. The van der Waals surface area contributed by atoms with E-state index in [1.54, 1.807) is 18.2 Å². The zero-order chi connectivity index (χ0) is 26.8. The molecule has 0 spiro atoms. The lowest BCUT2D eigenvalue weighted by Gasteiger charge is -2.46. The summed E-state index contributed by atoms with van der Waals surface area (Å²) in [4.78, 5) is 26.5. The van der Waals surface area contributed by atoms with E-state index in [0.717, 1.165) is 23.4 Å². The highest BCUT2D eigenvalue weighted by molar-refractivity contribution is 9.10. The van der Waals surface area contributed by atoms with Crippen molar-refractivity contribution in [3.8, 4) is 5.75 Å². The van der Waals surface area contributed by atoms with Gasteiger partial charge in [-0.15, -0.1) is 11.8 Å². The first kappa shape index (κ1) is 25.9. The molecule has 194 valence electrons. The van der Waals surface area contributed by atoms with Crippen LogP contribution in [-0.2, 0) is 5.75 Å². The first-order chi connectivity index (χ1) is 17.4. The highest BCUT2D eigenvalue weighted by Gasteiger charge is 2.48. The van der Waals surface area contributed by atoms with Gasteiger partial charge in [-0.1, -0.05) is 51.8 Å². The molecule has 0 bridgehead atoms. The van der Waals surface area contributed by atoms with E-state index in [0.29, 0.717) is 31.1 Å². The zero-order valence-electron chi connectivity index (χ0n) is 18.9. The fourth-order valence-corrected chi connectivity index (χ4v) is 6.50. The van der Waals surface area contributed by atoms with Gasteiger partial charge in [0.05, 0.1) is 0 Å². The van der Waals surface area contributed by atoms with Gasteiger partial charge in [0.1, 0.15) is 29.6 Å². The second-order valence-corrected chi connectivity index (χ2v) is 10.8. The molecular formula is C24H17BrClF4N3O3S. The Morgan fingerprint density at radius 2 is 1.89 bits per heavy atom. The van der Waals surface area contributed by atoms with Crippen LogP contribution < -0.4 is 10.4 Å². The van der Waals surface area contributed by atoms with E-state index in [-0.39, 0.29) is 0 Å². The van der Waals surface area contributed by atoms with Gasteiger partial charge in [0.15, 0.2) is 11.4 Å². The van der Waals surface area contributed by atoms with Crippen molar-refractivity contribution in [3.63, 3.8) is 0 Å². The first-order valence-corrected chi connectivity index (χ1v) is 13.0. The van der Waals surface area contributed by atoms with E-state index in [1.807, 2.05) is 6.07 Å². The van der Waals surface area contributed by atoms with E-state index < -0.39 is 58.5 Å². The zero-order valence-corrected chi connectivity index (χ0v) is 22.1. The maximum atomic E-state index is 15.0. The Hall–Kier alpha value is -2.70. The summed E-state index contributed by atoms with van der Waals surface area (Å²) in [6.07, 6.45) is -3.71. The monoisotopic (exact) mass is 617 g/mol. The summed E-state index contributed by atoms with van der Waals surface area (Å²) < 4.78 is 58.2. The lowest BCUT2D eigenvalue weighted by atomic mass is 9.94. The number of thioether (sulfide) groups is 1. The molecule has 3 heterocycles. The van der Waals surface area contributed by atoms with Gasteiger partial charge in [-0.25, -0.2) is 4.39 Å². The van der Waals surface area contributed by atoms with Crippen LogP contribution in [0.15, 0.2) is 56.8 Å². The summed E-state index contributed by atoms with van der Waals surface area (Å²) in [6, 6.07) is 6.62. The Morgan fingerprint density at radius 1 is 1.19 bits per heavy atom. The predicted molar refractivity (Wildman–Crippen MR) is 134 cm³/mol. The molecule has 13 heteroatoms. The molecule has 2 aromatic carbocycles. The molecule has 0 fully saturated rings. The van der Waals surface area contributed by atoms with Crippen LogP contribution in [0, 0.1) is 5.82 Å². The average molecular weight is 619 g/mol. The Morgan fingerprint density at radius 3 is 2.59 bits per heavy atom. The van der Waals surface area contributed by atoms with Gasteiger partial charge < -0.3 is 10.0 Å². The number of halogens is 6. The molecule has 0 saturated heterocycles. The Bertz CT molecular complexity index is 1500. The molecule has 3 aromatic rings. The number of nitrogens with zero attached hydrogens (tertiary/aromatic N) is 3. The van der Waals surface area contributed by atoms with Gasteiger partial charge in [-0.3, -0.25) is 19.3 Å². The van der Waals surface area contributed by atoms with Gasteiger partial charge in [0, 0.05) is 21.3 Å². The van der Waals surface area contributed by atoms with Gasteiger partial charge in [0.25, 0.3) is 5.91 Å². The largest absolute Gasteiger partial charge is 0.502 e. The van der Waals surface area contributed by atoms with Crippen molar-refractivity contribution in [3.05, 3.63) is 90.5 Å². The fourth-order valence-electron chi connectivity index (χ4n) is 4.59. The van der Waals surface area contributed by atoms with Crippen LogP contribution in [0.1, 0.15) is 40.1 Å². The maximum Gasteiger partial charge on any atom is 0.408 e. The summed E-state index contributed by atoms with van der Waals surface area (Å²) in [7, 11) is 0. The van der Waals surface area contributed by atoms with Crippen LogP contribution in [0.25, 0.3) is 0 Å². The molecule has 2 aliphatic heterocycles. The number of aromatic nitrogens is 1. The molecule has 2 aliphatic rings. The van der Waals surface area contributed by atoms with Crippen LogP contribution in [0.2, 0.25) is 5.02 Å². The normalized spacial score (nSPS) is 18.1. The van der Waals surface area contributed by atoms with Gasteiger partial charge in [-0.2, -0.15) is 13.2 Å².